The molecule has 1 aliphatic rings. The zero-order chi connectivity index (χ0) is 13.5. The molecule has 1 unspecified atom stereocenters. The van der Waals surface area contributed by atoms with Crippen LogP contribution in [0.4, 0.5) is 0 Å². The van der Waals surface area contributed by atoms with Gasteiger partial charge in [0.25, 0.3) is 0 Å². The first-order chi connectivity index (χ1) is 9.29. The molecule has 0 aromatic heterocycles. The monoisotopic (exact) mass is 258 g/mol. The predicted molar refractivity (Wildman–Crippen MR) is 78.1 cm³/mol. The van der Waals surface area contributed by atoms with Gasteiger partial charge in [0.1, 0.15) is 12.4 Å². The van der Waals surface area contributed by atoms with Crippen molar-refractivity contribution in [3.63, 3.8) is 0 Å². The summed E-state index contributed by atoms with van der Waals surface area (Å²) in [7, 11) is 2.18. The van der Waals surface area contributed by atoms with Crippen LogP contribution < -0.4 is 10.1 Å². The number of nitrogens with zero attached hydrogens (tertiary/aromatic N) is 1. The van der Waals surface area contributed by atoms with Gasteiger partial charge in [-0.1, -0.05) is 24.1 Å². The molecular weight excluding hydrogens is 236 g/mol. The lowest BCUT2D eigenvalue weighted by atomic mass is 10.1. The van der Waals surface area contributed by atoms with Crippen LogP contribution in [0.25, 0.3) is 0 Å². The fraction of sp³-hybridized carbons (Fsp3) is 0.500. The SMILES string of the molecule is C#CCOc1ccccc1CNCC1CCN(C)C1. The summed E-state index contributed by atoms with van der Waals surface area (Å²) in [4.78, 5) is 2.39. The van der Waals surface area contributed by atoms with Gasteiger partial charge in [-0.3, -0.25) is 0 Å². The fourth-order valence-corrected chi connectivity index (χ4v) is 2.51. The molecule has 1 aromatic rings. The van der Waals surface area contributed by atoms with Gasteiger partial charge in [-0.15, -0.1) is 6.42 Å². The van der Waals surface area contributed by atoms with Gasteiger partial charge >= 0.3 is 0 Å². The van der Waals surface area contributed by atoms with Crippen molar-refractivity contribution >= 4 is 0 Å². The van der Waals surface area contributed by atoms with E-state index < -0.39 is 0 Å². The minimum atomic E-state index is 0.324. The second-order valence-electron chi connectivity index (χ2n) is 5.15. The smallest absolute Gasteiger partial charge is 0.148 e. The van der Waals surface area contributed by atoms with E-state index in [1.165, 1.54) is 25.1 Å². The standard InChI is InChI=1S/C16H22N2O/c1-3-10-19-16-7-5-4-6-15(16)12-17-11-14-8-9-18(2)13-14/h1,4-7,14,17H,8-13H2,2H3. The van der Waals surface area contributed by atoms with Crippen LogP contribution in [0.3, 0.4) is 0 Å². The van der Waals surface area contributed by atoms with Crippen molar-refractivity contribution in [1.82, 2.24) is 10.2 Å². The largest absolute Gasteiger partial charge is 0.481 e. The number of nitrogens with one attached hydrogen (secondary N) is 1. The van der Waals surface area contributed by atoms with E-state index in [0.717, 1.165) is 24.8 Å². The molecule has 1 atom stereocenters. The van der Waals surface area contributed by atoms with Gasteiger partial charge in [-0.25, -0.2) is 0 Å². The molecule has 0 spiro atoms. The molecule has 19 heavy (non-hydrogen) atoms. The summed E-state index contributed by atoms with van der Waals surface area (Å²) in [6.45, 7) is 4.63. The molecule has 0 radical (unpaired) electrons. The first kappa shape index (κ1) is 13.9. The Hall–Kier alpha value is -1.50. The Labute approximate surface area is 115 Å². The van der Waals surface area contributed by atoms with Crippen LogP contribution in [0, 0.1) is 18.3 Å². The molecule has 1 saturated heterocycles. The number of terminal acetylenes is 1. The van der Waals surface area contributed by atoms with E-state index in [0.29, 0.717) is 6.61 Å². The molecule has 1 aliphatic heterocycles. The molecule has 102 valence electrons. The van der Waals surface area contributed by atoms with Crippen molar-refractivity contribution in [2.24, 2.45) is 5.92 Å². The highest BCUT2D eigenvalue weighted by Crippen LogP contribution is 2.18. The number of hydrogen-bond donors (Lipinski definition) is 1. The maximum absolute atomic E-state index is 5.54. The van der Waals surface area contributed by atoms with E-state index in [-0.39, 0.29) is 0 Å². The summed E-state index contributed by atoms with van der Waals surface area (Å²) >= 11 is 0. The average Bonchev–Trinajstić information content (AvgIpc) is 2.83. The first-order valence-corrected chi connectivity index (χ1v) is 6.83. The number of para-hydroxylation sites is 1. The molecule has 0 bridgehead atoms. The lowest BCUT2D eigenvalue weighted by Gasteiger charge is -2.13. The Kier molecular flexibility index (Phi) is 5.26. The number of likely N-dealkylation sites (tertiary alicyclic amines) is 1. The zero-order valence-electron chi connectivity index (χ0n) is 11.6. The fourth-order valence-electron chi connectivity index (χ4n) is 2.51. The Balaban J connectivity index is 1.80. The maximum Gasteiger partial charge on any atom is 0.148 e. The number of ether oxygens (including phenoxy) is 1. The van der Waals surface area contributed by atoms with E-state index in [1.54, 1.807) is 0 Å². The summed E-state index contributed by atoms with van der Waals surface area (Å²) in [5, 5.41) is 3.52. The van der Waals surface area contributed by atoms with Crippen molar-refractivity contribution in [2.75, 3.05) is 33.3 Å². The van der Waals surface area contributed by atoms with Crippen molar-refractivity contribution in [3.05, 3.63) is 29.8 Å². The van der Waals surface area contributed by atoms with Gasteiger partial charge in [0.05, 0.1) is 0 Å². The highest BCUT2D eigenvalue weighted by molar-refractivity contribution is 5.33. The second-order valence-corrected chi connectivity index (χ2v) is 5.15. The number of rotatable bonds is 6. The van der Waals surface area contributed by atoms with Gasteiger partial charge < -0.3 is 15.0 Å². The lowest BCUT2D eigenvalue weighted by molar-refractivity contribution is 0.362. The first-order valence-electron chi connectivity index (χ1n) is 6.83. The normalized spacial score (nSPS) is 19.3. The third-order valence-corrected chi connectivity index (χ3v) is 3.52. The molecule has 0 saturated carbocycles. The topological polar surface area (TPSA) is 24.5 Å². The Bertz CT molecular complexity index is 439. The van der Waals surface area contributed by atoms with Gasteiger partial charge in [0.2, 0.25) is 0 Å². The maximum atomic E-state index is 5.54. The van der Waals surface area contributed by atoms with E-state index >= 15 is 0 Å². The lowest BCUT2D eigenvalue weighted by Crippen LogP contribution is -2.24. The third-order valence-electron chi connectivity index (χ3n) is 3.52. The van der Waals surface area contributed by atoms with Gasteiger partial charge in [-0.2, -0.15) is 0 Å². The van der Waals surface area contributed by atoms with Gasteiger partial charge in [0.15, 0.2) is 0 Å². The highest BCUT2D eigenvalue weighted by Gasteiger charge is 2.18. The quantitative estimate of drug-likeness (QED) is 0.787. The Morgan fingerprint density at radius 2 is 2.32 bits per heavy atom. The van der Waals surface area contributed by atoms with E-state index in [1.807, 2.05) is 18.2 Å². The van der Waals surface area contributed by atoms with Crippen LogP contribution in [0.15, 0.2) is 24.3 Å². The van der Waals surface area contributed by atoms with Crippen LogP contribution >= 0.6 is 0 Å². The average molecular weight is 258 g/mol. The molecule has 3 heteroatoms. The molecule has 1 aromatic carbocycles. The summed E-state index contributed by atoms with van der Waals surface area (Å²) in [6.07, 6.45) is 6.52. The second kappa shape index (κ2) is 7.18. The number of benzene rings is 1. The third kappa shape index (κ3) is 4.27. The molecule has 0 aliphatic carbocycles. The molecule has 3 nitrogen and oxygen atoms in total. The minimum absolute atomic E-state index is 0.324. The Morgan fingerprint density at radius 1 is 1.47 bits per heavy atom. The van der Waals surface area contributed by atoms with E-state index in [2.05, 4.69) is 29.3 Å². The van der Waals surface area contributed by atoms with Crippen LogP contribution in [-0.4, -0.2) is 38.2 Å². The summed E-state index contributed by atoms with van der Waals surface area (Å²) < 4.78 is 5.54. The summed E-state index contributed by atoms with van der Waals surface area (Å²) in [5.41, 5.74) is 1.17. The predicted octanol–water partition coefficient (Wildman–Crippen LogP) is 1.74. The van der Waals surface area contributed by atoms with Gasteiger partial charge in [0, 0.05) is 18.7 Å². The van der Waals surface area contributed by atoms with Gasteiger partial charge in [-0.05, 0) is 38.5 Å². The van der Waals surface area contributed by atoms with Crippen molar-refractivity contribution in [1.29, 1.82) is 0 Å². The molecule has 1 heterocycles. The highest BCUT2D eigenvalue weighted by atomic mass is 16.5. The van der Waals surface area contributed by atoms with Crippen molar-refractivity contribution < 1.29 is 4.74 Å². The molecule has 1 fully saturated rings. The molecular formula is C16H22N2O. The van der Waals surface area contributed by atoms with E-state index in [9.17, 15) is 0 Å². The van der Waals surface area contributed by atoms with Crippen LogP contribution in [0.5, 0.6) is 5.75 Å². The number of hydrogen-bond acceptors (Lipinski definition) is 3. The molecule has 2 rings (SSSR count). The van der Waals surface area contributed by atoms with Crippen LogP contribution in [0.2, 0.25) is 0 Å². The molecule has 1 N–H and O–H groups in total. The summed E-state index contributed by atoms with van der Waals surface area (Å²) in [5.74, 6) is 4.15. The molecule has 0 amide bonds. The zero-order valence-corrected chi connectivity index (χ0v) is 11.6. The summed E-state index contributed by atoms with van der Waals surface area (Å²) in [6, 6.07) is 8.06. The Morgan fingerprint density at radius 3 is 3.05 bits per heavy atom. The van der Waals surface area contributed by atoms with Crippen molar-refractivity contribution in [3.8, 4) is 18.1 Å². The minimum Gasteiger partial charge on any atom is -0.481 e. The van der Waals surface area contributed by atoms with Crippen LogP contribution in [0.1, 0.15) is 12.0 Å². The van der Waals surface area contributed by atoms with Crippen LogP contribution in [-0.2, 0) is 6.54 Å². The van der Waals surface area contributed by atoms with E-state index in [4.69, 9.17) is 11.2 Å². The van der Waals surface area contributed by atoms with Crippen molar-refractivity contribution in [2.45, 2.75) is 13.0 Å².